The molecule has 8 heteroatoms. The predicted molar refractivity (Wildman–Crippen MR) is 130 cm³/mol. The summed E-state index contributed by atoms with van der Waals surface area (Å²) in [4.78, 5) is 26.1. The Balaban J connectivity index is 1.64. The van der Waals surface area contributed by atoms with Crippen LogP contribution in [-0.4, -0.2) is 19.8 Å². The van der Waals surface area contributed by atoms with E-state index in [4.69, 9.17) is 4.42 Å². The average Bonchev–Trinajstić information content (AvgIpc) is 3.49. The molecule has 8 nitrogen and oxygen atoms in total. The summed E-state index contributed by atoms with van der Waals surface area (Å²) >= 11 is 0. The van der Waals surface area contributed by atoms with Gasteiger partial charge < -0.3 is 14.3 Å². The summed E-state index contributed by atoms with van der Waals surface area (Å²) in [5, 5.41) is 12.3. The molecule has 0 saturated carbocycles. The van der Waals surface area contributed by atoms with Crippen LogP contribution in [0.5, 0.6) is 0 Å². The van der Waals surface area contributed by atoms with E-state index in [1.807, 2.05) is 68.4 Å². The molecule has 0 fully saturated rings. The van der Waals surface area contributed by atoms with E-state index in [0.717, 1.165) is 22.7 Å². The van der Waals surface area contributed by atoms with Crippen molar-refractivity contribution in [2.45, 2.75) is 27.3 Å². The zero-order chi connectivity index (χ0) is 24.4. The Morgan fingerprint density at radius 1 is 1.12 bits per heavy atom. The van der Waals surface area contributed by atoms with Gasteiger partial charge in [-0.05, 0) is 62.7 Å². The number of carbonyl (C=O) groups excluding carboxylic acids is 1. The molecular weight excluding hydrogens is 430 g/mol. The van der Waals surface area contributed by atoms with Crippen molar-refractivity contribution in [3.8, 4) is 11.8 Å². The molecule has 34 heavy (non-hydrogen) atoms. The summed E-state index contributed by atoms with van der Waals surface area (Å²) in [5.74, 6) is 0.175. The Kier molecular flexibility index (Phi) is 6.11. The van der Waals surface area contributed by atoms with Crippen molar-refractivity contribution in [2.24, 2.45) is 7.05 Å². The van der Waals surface area contributed by atoms with Crippen LogP contribution >= 0.6 is 0 Å². The topological polar surface area (TPSA) is 97.9 Å². The number of aromatic nitrogens is 3. The number of nitrogens with one attached hydrogen (secondary N) is 1. The molecule has 4 aromatic rings. The van der Waals surface area contributed by atoms with Gasteiger partial charge in [-0.15, -0.1) is 0 Å². The van der Waals surface area contributed by atoms with Crippen LogP contribution in [0.2, 0.25) is 0 Å². The fourth-order valence-electron chi connectivity index (χ4n) is 3.97. The first-order valence-corrected chi connectivity index (χ1v) is 10.8. The lowest BCUT2D eigenvalue weighted by molar-refractivity contribution is -0.112. The highest BCUT2D eigenvalue weighted by atomic mass is 16.3. The van der Waals surface area contributed by atoms with Gasteiger partial charge >= 0.3 is 0 Å². The molecular formula is C26H25N5O3. The van der Waals surface area contributed by atoms with E-state index in [1.165, 1.54) is 4.68 Å². The molecule has 1 amide bonds. The highest BCUT2D eigenvalue weighted by molar-refractivity contribution is 6.10. The minimum absolute atomic E-state index is 0.0906. The standard InChI is InChI=1S/C26H25N5O3/c1-17-13-20(18(2)30(17)16-23-11-8-12-34-23)14-21(15-27)25(32)28-24-19(3)29(4)31(26(24)33)22-9-6-5-7-10-22/h5-14H,16H2,1-4H3,(H,28,32)/b21-14+. The van der Waals surface area contributed by atoms with Crippen molar-refractivity contribution in [3.05, 3.63) is 99.1 Å². The van der Waals surface area contributed by atoms with Gasteiger partial charge in [-0.25, -0.2) is 4.68 Å². The maximum Gasteiger partial charge on any atom is 0.295 e. The number of carbonyl (C=O) groups is 1. The highest BCUT2D eigenvalue weighted by Gasteiger charge is 2.20. The van der Waals surface area contributed by atoms with Crippen LogP contribution in [-0.2, 0) is 18.4 Å². The van der Waals surface area contributed by atoms with E-state index < -0.39 is 5.91 Å². The number of rotatable bonds is 6. The number of anilines is 1. The molecule has 0 aliphatic heterocycles. The first kappa shape index (κ1) is 22.7. The number of nitriles is 1. The number of para-hydroxylation sites is 1. The number of aryl methyl sites for hydroxylation is 1. The van der Waals surface area contributed by atoms with Gasteiger partial charge in [0.25, 0.3) is 11.5 Å². The third-order valence-corrected chi connectivity index (χ3v) is 5.96. The Morgan fingerprint density at radius 2 is 1.85 bits per heavy atom. The molecule has 0 saturated heterocycles. The third kappa shape index (κ3) is 4.11. The largest absolute Gasteiger partial charge is 0.467 e. The highest BCUT2D eigenvalue weighted by Crippen LogP contribution is 2.21. The Morgan fingerprint density at radius 3 is 2.50 bits per heavy atom. The molecule has 4 rings (SSSR count). The van der Waals surface area contributed by atoms with E-state index in [0.29, 0.717) is 17.9 Å². The molecule has 0 radical (unpaired) electrons. The van der Waals surface area contributed by atoms with Gasteiger partial charge in [0.05, 0.1) is 24.2 Å². The second kappa shape index (κ2) is 9.16. The van der Waals surface area contributed by atoms with Gasteiger partial charge in [0.2, 0.25) is 0 Å². The Labute approximate surface area is 196 Å². The monoisotopic (exact) mass is 455 g/mol. The van der Waals surface area contributed by atoms with Crippen molar-refractivity contribution in [1.82, 2.24) is 13.9 Å². The predicted octanol–water partition coefficient (Wildman–Crippen LogP) is 4.09. The van der Waals surface area contributed by atoms with Crippen LogP contribution in [0.1, 0.15) is 28.4 Å². The lowest BCUT2D eigenvalue weighted by Crippen LogP contribution is -2.23. The molecule has 0 bridgehead atoms. The number of benzene rings is 1. The molecule has 1 aromatic carbocycles. The summed E-state index contributed by atoms with van der Waals surface area (Å²) in [5.41, 5.74) is 3.57. The van der Waals surface area contributed by atoms with E-state index in [1.54, 1.807) is 31.0 Å². The van der Waals surface area contributed by atoms with Crippen LogP contribution in [0.3, 0.4) is 0 Å². The molecule has 3 aromatic heterocycles. The minimum Gasteiger partial charge on any atom is -0.467 e. The summed E-state index contributed by atoms with van der Waals surface area (Å²) in [6.45, 7) is 6.18. The Bertz CT molecular complexity index is 1480. The molecule has 0 aliphatic rings. The zero-order valence-corrected chi connectivity index (χ0v) is 19.5. The Hall–Kier alpha value is -4.51. The molecule has 0 atom stereocenters. The molecule has 0 aliphatic carbocycles. The van der Waals surface area contributed by atoms with Gasteiger partial charge in [0.1, 0.15) is 23.1 Å². The maximum atomic E-state index is 13.1. The number of furan rings is 1. The van der Waals surface area contributed by atoms with Crippen LogP contribution in [0.15, 0.2) is 69.6 Å². The second-order valence-electron chi connectivity index (χ2n) is 8.05. The smallest absolute Gasteiger partial charge is 0.295 e. The first-order valence-electron chi connectivity index (χ1n) is 10.8. The van der Waals surface area contributed by atoms with Gasteiger partial charge in [-0.3, -0.25) is 14.3 Å². The normalized spacial score (nSPS) is 11.4. The van der Waals surface area contributed by atoms with Crippen LogP contribution in [0.4, 0.5) is 5.69 Å². The van der Waals surface area contributed by atoms with Gasteiger partial charge in [0, 0.05) is 18.4 Å². The van der Waals surface area contributed by atoms with Crippen molar-refractivity contribution < 1.29 is 9.21 Å². The second-order valence-corrected chi connectivity index (χ2v) is 8.05. The minimum atomic E-state index is -0.635. The first-order chi connectivity index (χ1) is 16.3. The lowest BCUT2D eigenvalue weighted by atomic mass is 10.1. The average molecular weight is 456 g/mol. The van der Waals surface area contributed by atoms with Crippen molar-refractivity contribution in [2.75, 3.05) is 5.32 Å². The fraction of sp³-hybridized carbons (Fsp3) is 0.192. The van der Waals surface area contributed by atoms with Crippen molar-refractivity contribution in [1.29, 1.82) is 5.26 Å². The molecule has 1 N–H and O–H groups in total. The zero-order valence-electron chi connectivity index (χ0n) is 19.5. The number of amides is 1. The summed E-state index contributed by atoms with van der Waals surface area (Å²) in [7, 11) is 1.74. The van der Waals surface area contributed by atoms with E-state index in [-0.39, 0.29) is 16.8 Å². The van der Waals surface area contributed by atoms with Gasteiger partial charge in [-0.2, -0.15) is 5.26 Å². The maximum absolute atomic E-state index is 13.1. The summed E-state index contributed by atoms with van der Waals surface area (Å²) in [6, 6.07) is 16.8. The van der Waals surface area contributed by atoms with E-state index >= 15 is 0 Å². The number of hydrogen-bond donors (Lipinski definition) is 1. The van der Waals surface area contributed by atoms with E-state index in [2.05, 4.69) is 9.88 Å². The molecule has 0 unspecified atom stereocenters. The van der Waals surface area contributed by atoms with Crippen LogP contribution in [0.25, 0.3) is 11.8 Å². The van der Waals surface area contributed by atoms with Gasteiger partial charge in [0.15, 0.2) is 0 Å². The summed E-state index contributed by atoms with van der Waals surface area (Å²) in [6.07, 6.45) is 3.17. The van der Waals surface area contributed by atoms with Crippen LogP contribution in [0, 0.1) is 32.1 Å². The van der Waals surface area contributed by atoms with Gasteiger partial charge in [-0.1, -0.05) is 18.2 Å². The van der Waals surface area contributed by atoms with E-state index in [9.17, 15) is 14.9 Å². The van der Waals surface area contributed by atoms with Crippen molar-refractivity contribution >= 4 is 17.7 Å². The number of hydrogen-bond acceptors (Lipinski definition) is 4. The molecule has 172 valence electrons. The third-order valence-electron chi connectivity index (χ3n) is 5.96. The quantitative estimate of drug-likeness (QED) is 0.350. The lowest BCUT2D eigenvalue weighted by Gasteiger charge is -2.07. The van der Waals surface area contributed by atoms with Crippen LogP contribution < -0.4 is 10.9 Å². The fourth-order valence-corrected chi connectivity index (χ4v) is 3.97. The molecule has 3 heterocycles. The summed E-state index contributed by atoms with van der Waals surface area (Å²) < 4.78 is 10.6. The number of nitrogens with zero attached hydrogens (tertiary/aromatic N) is 4. The molecule has 0 spiro atoms. The SMILES string of the molecule is Cc1cc(/C=C(\C#N)C(=O)Nc2c(C)n(C)n(-c3ccccc3)c2=O)c(C)n1Cc1ccco1. The van der Waals surface area contributed by atoms with Crippen molar-refractivity contribution in [3.63, 3.8) is 0 Å².